The normalized spacial score (nSPS) is 10.6. The minimum Gasteiger partial charge on any atom is -0.105 e. The Morgan fingerprint density at radius 3 is 2.06 bits per heavy atom. The summed E-state index contributed by atoms with van der Waals surface area (Å²) in [7, 11) is 5.57. The predicted molar refractivity (Wildman–Crippen MR) is 84.8 cm³/mol. The molecule has 0 amide bonds. The van der Waals surface area contributed by atoms with Crippen LogP contribution >= 0.6 is 18.5 Å². The van der Waals surface area contributed by atoms with Crippen LogP contribution in [0.4, 0.5) is 0 Å². The topological polar surface area (TPSA) is 0 Å². The highest BCUT2D eigenvalue weighted by Gasteiger charge is 2.06. The van der Waals surface area contributed by atoms with Crippen LogP contribution in [0, 0.1) is 20.8 Å². The van der Waals surface area contributed by atoms with E-state index in [9.17, 15) is 0 Å². The van der Waals surface area contributed by atoms with Gasteiger partial charge in [-0.1, -0.05) is 30.3 Å². The molecule has 2 atom stereocenters. The lowest BCUT2D eigenvalue weighted by Gasteiger charge is -2.12. The number of hydrogen-bond donors (Lipinski definition) is 0. The van der Waals surface area contributed by atoms with Crippen LogP contribution in [0.1, 0.15) is 16.7 Å². The minimum atomic E-state index is 1.27. The number of benzene rings is 2. The molecule has 2 aromatic rings. The Balaban J connectivity index is 2.61. The van der Waals surface area contributed by atoms with E-state index < -0.39 is 0 Å². The third-order valence-corrected chi connectivity index (χ3v) is 4.68. The molecule has 0 aromatic heterocycles. The van der Waals surface area contributed by atoms with Crippen LogP contribution in [-0.4, -0.2) is 0 Å². The molecule has 0 nitrogen and oxygen atoms in total. The van der Waals surface area contributed by atoms with Crippen LogP contribution in [0.3, 0.4) is 0 Å². The monoisotopic (exact) mass is 260 g/mol. The van der Waals surface area contributed by atoms with E-state index in [4.69, 9.17) is 0 Å². The van der Waals surface area contributed by atoms with E-state index in [1.165, 1.54) is 38.4 Å². The summed E-state index contributed by atoms with van der Waals surface area (Å²) < 4.78 is 0. The summed E-state index contributed by atoms with van der Waals surface area (Å²) >= 11 is 0. The molecule has 17 heavy (non-hydrogen) atoms. The first-order valence-electron chi connectivity index (χ1n) is 5.73. The van der Waals surface area contributed by atoms with E-state index in [1.807, 2.05) is 0 Å². The SMILES string of the molecule is Cc1cc(-c2ccc(P)c(C)c2C)ccc1P. The fourth-order valence-corrected chi connectivity index (χ4v) is 2.49. The minimum absolute atomic E-state index is 1.27. The van der Waals surface area contributed by atoms with E-state index in [0.717, 1.165) is 0 Å². The second-order valence-electron chi connectivity index (χ2n) is 4.52. The van der Waals surface area contributed by atoms with Crippen LogP contribution in [-0.2, 0) is 0 Å². The predicted octanol–water partition coefficient (Wildman–Crippen LogP) is 3.28. The van der Waals surface area contributed by atoms with Crippen molar-refractivity contribution in [3.8, 4) is 11.1 Å². The summed E-state index contributed by atoms with van der Waals surface area (Å²) in [5, 5.41) is 2.55. The molecule has 0 N–H and O–H groups in total. The summed E-state index contributed by atoms with van der Waals surface area (Å²) in [6.45, 7) is 6.53. The molecule has 0 saturated carbocycles. The first-order valence-corrected chi connectivity index (χ1v) is 6.88. The van der Waals surface area contributed by atoms with Gasteiger partial charge in [-0.3, -0.25) is 0 Å². The van der Waals surface area contributed by atoms with E-state index in [0.29, 0.717) is 0 Å². The fourth-order valence-electron chi connectivity index (χ4n) is 2.00. The van der Waals surface area contributed by atoms with E-state index in [1.54, 1.807) is 0 Å². The molecule has 2 heteroatoms. The Morgan fingerprint density at radius 2 is 1.41 bits per heavy atom. The van der Waals surface area contributed by atoms with E-state index in [-0.39, 0.29) is 0 Å². The molecular weight excluding hydrogens is 242 g/mol. The van der Waals surface area contributed by atoms with Crippen molar-refractivity contribution in [2.45, 2.75) is 20.8 Å². The van der Waals surface area contributed by atoms with Crippen molar-refractivity contribution in [3.63, 3.8) is 0 Å². The summed E-state index contributed by atoms with van der Waals surface area (Å²) in [5.74, 6) is 0. The smallest absolute Gasteiger partial charge is 0.0152 e. The molecule has 0 radical (unpaired) electrons. The molecule has 2 aromatic carbocycles. The van der Waals surface area contributed by atoms with Crippen molar-refractivity contribution in [1.29, 1.82) is 0 Å². The van der Waals surface area contributed by atoms with Crippen molar-refractivity contribution in [2.75, 3.05) is 0 Å². The number of hydrogen-bond acceptors (Lipinski definition) is 0. The average molecular weight is 260 g/mol. The first-order chi connectivity index (χ1) is 8.00. The van der Waals surface area contributed by atoms with Crippen LogP contribution < -0.4 is 10.6 Å². The maximum atomic E-state index is 2.79. The number of aryl methyl sites for hydroxylation is 1. The second-order valence-corrected chi connectivity index (χ2v) is 5.77. The highest BCUT2D eigenvalue weighted by molar-refractivity contribution is 7.27. The van der Waals surface area contributed by atoms with Crippen LogP contribution in [0.15, 0.2) is 30.3 Å². The summed E-state index contributed by atoms with van der Waals surface area (Å²) in [4.78, 5) is 0. The molecule has 0 fully saturated rings. The molecule has 0 saturated heterocycles. The van der Waals surface area contributed by atoms with Crippen molar-refractivity contribution in [1.82, 2.24) is 0 Å². The molecule has 0 aliphatic rings. The van der Waals surface area contributed by atoms with Crippen molar-refractivity contribution >= 4 is 29.1 Å². The van der Waals surface area contributed by atoms with Crippen molar-refractivity contribution in [3.05, 3.63) is 47.0 Å². The van der Waals surface area contributed by atoms with Gasteiger partial charge in [0.05, 0.1) is 0 Å². The largest absolute Gasteiger partial charge is 0.105 e. The zero-order valence-corrected chi connectivity index (χ0v) is 12.9. The third kappa shape index (κ3) is 2.44. The number of rotatable bonds is 1. The Kier molecular flexibility index (Phi) is 3.67. The Bertz CT molecular complexity index is 571. The van der Waals surface area contributed by atoms with Gasteiger partial charge in [0.15, 0.2) is 0 Å². The standard InChI is InChI=1S/C15H18P2/c1-9-8-12(4-6-14(9)16)13-5-7-15(17)11(3)10(13)2/h4-8H,16-17H2,1-3H3. The summed E-state index contributed by atoms with van der Waals surface area (Å²) in [6.07, 6.45) is 0. The van der Waals surface area contributed by atoms with Gasteiger partial charge in [0, 0.05) is 0 Å². The van der Waals surface area contributed by atoms with Crippen LogP contribution in [0.5, 0.6) is 0 Å². The lowest BCUT2D eigenvalue weighted by atomic mass is 9.96. The van der Waals surface area contributed by atoms with Crippen LogP contribution in [0.2, 0.25) is 0 Å². The third-order valence-electron chi connectivity index (χ3n) is 3.41. The highest BCUT2D eigenvalue weighted by atomic mass is 31.0. The molecular formula is C15H18P2. The van der Waals surface area contributed by atoms with Gasteiger partial charge < -0.3 is 0 Å². The van der Waals surface area contributed by atoms with E-state index >= 15 is 0 Å². The highest BCUT2D eigenvalue weighted by Crippen LogP contribution is 2.25. The lowest BCUT2D eigenvalue weighted by molar-refractivity contribution is 1.36. The van der Waals surface area contributed by atoms with Gasteiger partial charge in [0.2, 0.25) is 0 Å². The van der Waals surface area contributed by atoms with Crippen LogP contribution in [0.25, 0.3) is 11.1 Å². The first kappa shape index (κ1) is 12.7. The van der Waals surface area contributed by atoms with Gasteiger partial charge >= 0.3 is 0 Å². The molecule has 0 heterocycles. The molecule has 2 rings (SSSR count). The zero-order valence-electron chi connectivity index (χ0n) is 10.5. The zero-order chi connectivity index (χ0) is 12.6. The summed E-state index contributed by atoms with van der Waals surface area (Å²) in [5.41, 5.74) is 6.69. The Morgan fingerprint density at radius 1 is 0.765 bits per heavy atom. The average Bonchev–Trinajstić information content (AvgIpc) is 2.30. The fraction of sp³-hybridized carbons (Fsp3) is 0.200. The summed E-state index contributed by atoms with van der Waals surface area (Å²) in [6, 6.07) is 11.0. The Hall–Kier alpha value is -0.700. The van der Waals surface area contributed by atoms with Gasteiger partial charge in [-0.15, -0.1) is 18.5 Å². The second kappa shape index (κ2) is 4.89. The maximum absolute atomic E-state index is 2.79. The molecule has 0 spiro atoms. The lowest BCUT2D eigenvalue weighted by Crippen LogP contribution is -2.02. The quantitative estimate of drug-likeness (QED) is 0.690. The molecule has 88 valence electrons. The van der Waals surface area contributed by atoms with Gasteiger partial charge in [-0.25, -0.2) is 0 Å². The van der Waals surface area contributed by atoms with Crippen molar-refractivity contribution < 1.29 is 0 Å². The van der Waals surface area contributed by atoms with E-state index in [2.05, 4.69) is 69.6 Å². The molecule has 0 aliphatic carbocycles. The van der Waals surface area contributed by atoms with Gasteiger partial charge in [-0.05, 0) is 59.2 Å². The van der Waals surface area contributed by atoms with Gasteiger partial charge in [-0.2, -0.15) is 0 Å². The Labute approximate surface area is 108 Å². The molecule has 0 aliphatic heterocycles. The van der Waals surface area contributed by atoms with Crippen molar-refractivity contribution in [2.24, 2.45) is 0 Å². The van der Waals surface area contributed by atoms with Gasteiger partial charge in [0.1, 0.15) is 0 Å². The van der Waals surface area contributed by atoms with Gasteiger partial charge in [0.25, 0.3) is 0 Å². The molecule has 2 unspecified atom stereocenters. The molecule has 0 bridgehead atoms. The maximum Gasteiger partial charge on any atom is -0.0152 e.